The van der Waals surface area contributed by atoms with Crippen molar-refractivity contribution in [2.24, 2.45) is 0 Å². The van der Waals surface area contributed by atoms with Gasteiger partial charge >= 0.3 is 5.97 Å². The molecule has 0 heterocycles. The van der Waals surface area contributed by atoms with Crippen molar-refractivity contribution in [1.29, 1.82) is 5.26 Å². The zero-order valence-electron chi connectivity index (χ0n) is 15.2. The van der Waals surface area contributed by atoms with Gasteiger partial charge in [0.1, 0.15) is 5.75 Å². The number of hydrogen-bond donors (Lipinski definition) is 1. The van der Waals surface area contributed by atoms with Crippen LogP contribution in [-0.2, 0) is 14.3 Å². The normalized spacial score (nSPS) is 11.3. The number of nitrogens with zero attached hydrogens (tertiary/aromatic N) is 1. The Labute approximate surface area is 162 Å². The monoisotopic (exact) mass is 374 g/mol. The van der Waals surface area contributed by atoms with Gasteiger partial charge in [-0.3, -0.25) is 4.79 Å². The first-order chi connectivity index (χ1) is 13.6. The Balaban J connectivity index is 1.53. The Morgan fingerprint density at radius 1 is 1.04 bits per heavy atom. The Bertz CT molecular complexity index is 1030. The van der Waals surface area contributed by atoms with E-state index in [9.17, 15) is 9.59 Å². The van der Waals surface area contributed by atoms with E-state index < -0.39 is 24.6 Å². The van der Waals surface area contributed by atoms with Gasteiger partial charge in [0.15, 0.2) is 12.7 Å². The van der Waals surface area contributed by atoms with E-state index in [-0.39, 0.29) is 0 Å². The molecule has 0 radical (unpaired) electrons. The average molecular weight is 374 g/mol. The summed E-state index contributed by atoms with van der Waals surface area (Å²) in [6.07, 6.45) is -0.890. The van der Waals surface area contributed by atoms with Gasteiger partial charge in [-0.05, 0) is 42.6 Å². The van der Waals surface area contributed by atoms with Crippen molar-refractivity contribution in [1.82, 2.24) is 0 Å². The van der Waals surface area contributed by atoms with Crippen LogP contribution in [-0.4, -0.2) is 24.6 Å². The molecule has 0 spiro atoms. The number of benzene rings is 3. The summed E-state index contributed by atoms with van der Waals surface area (Å²) in [5, 5.41) is 13.4. The van der Waals surface area contributed by atoms with Crippen LogP contribution in [0.2, 0.25) is 0 Å². The SMILES string of the molecule is C[C@@H](Oc1ccc(C#N)cc1)C(=O)OCC(=O)Nc1cccc2ccccc12. The molecule has 0 aliphatic carbocycles. The molecular formula is C22H18N2O4. The molecule has 3 aromatic rings. The molecule has 140 valence electrons. The first-order valence-electron chi connectivity index (χ1n) is 8.68. The Morgan fingerprint density at radius 2 is 1.75 bits per heavy atom. The summed E-state index contributed by atoms with van der Waals surface area (Å²) in [5.74, 6) is -0.656. The van der Waals surface area contributed by atoms with Crippen molar-refractivity contribution < 1.29 is 19.1 Å². The Hall–Kier alpha value is -3.85. The van der Waals surface area contributed by atoms with E-state index >= 15 is 0 Å². The first kappa shape index (κ1) is 18.9. The van der Waals surface area contributed by atoms with Crippen molar-refractivity contribution >= 4 is 28.3 Å². The molecule has 3 aromatic carbocycles. The van der Waals surface area contributed by atoms with Crippen LogP contribution < -0.4 is 10.1 Å². The van der Waals surface area contributed by atoms with Crippen molar-refractivity contribution in [2.45, 2.75) is 13.0 Å². The number of carbonyl (C=O) groups excluding carboxylic acids is 2. The van der Waals surface area contributed by atoms with Crippen molar-refractivity contribution in [2.75, 3.05) is 11.9 Å². The number of rotatable bonds is 6. The molecule has 1 N–H and O–H groups in total. The van der Waals surface area contributed by atoms with Gasteiger partial charge in [-0.2, -0.15) is 5.26 Å². The number of fused-ring (bicyclic) bond motifs is 1. The summed E-state index contributed by atoms with van der Waals surface area (Å²) in [6, 6.07) is 21.6. The summed E-state index contributed by atoms with van der Waals surface area (Å²) >= 11 is 0. The van der Waals surface area contributed by atoms with Gasteiger partial charge in [0.2, 0.25) is 0 Å². The van der Waals surface area contributed by atoms with Crippen LogP contribution in [0.5, 0.6) is 5.75 Å². The third-order valence-electron chi connectivity index (χ3n) is 4.04. The molecule has 1 atom stereocenters. The molecule has 0 fully saturated rings. The van der Waals surface area contributed by atoms with Crippen LogP contribution in [0.3, 0.4) is 0 Å². The largest absolute Gasteiger partial charge is 0.479 e. The van der Waals surface area contributed by atoms with Crippen molar-refractivity contribution in [3.63, 3.8) is 0 Å². The van der Waals surface area contributed by atoms with Crippen LogP contribution in [0.1, 0.15) is 12.5 Å². The lowest BCUT2D eigenvalue weighted by Crippen LogP contribution is -2.29. The third-order valence-corrected chi connectivity index (χ3v) is 4.04. The first-order valence-corrected chi connectivity index (χ1v) is 8.68. The quantitative estimate of drug-likeness (QED) is 0.665. The van der Waals surface area contributed by atoms with Gasteiger partial charge in [0.05, 0.1) is 11.6 Å². The van der Waals surface area contributed by atoms with E-state index in [0.717, 1.165) is 10.8 Å². The molecule has 6 heteroatoms. The Kier molecular flexibility index (Phi) is 5.87. The summed E-state index contributed by atoms with van der Waals surface area (Å²) < 4.78 is 10.5. The molecule has 3 rings (SSSR count). The van der Waals surface area contributed by atoms with E-state index in [1.165, 1.54) is 6.92 Å². The minimum Gasteiger partial charge on any atom is -0.479 e. The number of esters is 1. The van der Waals surface area contributed by atoms with Gasteiger partial charge in [0, 0.05) is 11.1 Å². The van der Waals surface area contributed by atoms with Gasteiger partial charge in [0.25, 0.3) is 5.91 Å². The molecular weight excluding hydrogens is 356 g/mol. The molecule has 0 saturated heterocycles. The van der Waals surface area contributed by atoms with Crippen LogP contribution in [0.25, 0.3) is 10.8 Å². The van der Waals surface area contributed by atoms with Crippen LogP contribution in [0.15, 0.2) is 66.7 Å². The third kappa shape index (κ3) is 4.65. The summed E-state index contributed by atoms with van der Waals surface area (Å²) in [4.78, 5) is 24.2. The van der Waals surface area contributed by atoms with E-state index in [0.29, 0.717) is 17.0 Å². The minimum absolute atomic E-state index is 0.414. The number of ether oxygens (including phenoxy) is 2. The number of amides is 1. The second-order valence-electron chi connectivity index (χ2n) is 6.08. The Morgan fingerprint density at radius 3 is 2.50 bits per heavy atom. The second kappa shape index (κ2) is 8.69. The van der Waals surface area contributed by atoms with Crippen LogP contribution >= 0.6 is 0 Å². The molecule has 0 unspecified atom stereocenters. The van der Waals surface area contributed by atoms with E-state index in [1.54, 1.807) is 30.3 Å². The van der Waals surface area contributed by atoms with E-state index in [4.69, 9.17) is 14.7 Å². The maximum Gasteiger partial charge on any atom is 0.347 e. The predicted molar refractivity (Wildman–Crippen MR) is 105 cm³/mol. The van der Waals surface area contributed by atoms with Crippen molar-refractivity contribution in [3.05, 3.63) is 72.3 Å². The molecule has 1 amide bonds. The lowest BCUT2D eigenvalue weighted by atomic mass is 10.1. The topological polar surface area (TPSA) is 88.4 Å². The highest BCUT2D eigenvalue weighted by molar-refractivity contribution is 6.02. The average Bonchev–Trinajstić information content (AvgIpc) is 2.73. The molecule has 0 saturated carbocycles. The smallest absolute Gasteiger partial charge is 0.347 e. The van der Waals surface area contributed by atoms with Crippen molar-refractivity contribution in [3.8, 4) is 11.8 Å². The number of carbonyl (C=O) groups is 2. The molecule has 0 aliphatic heterocycles. The molecule has 28 heavy (non-hydrogen) atoms. The fourth-order valence-corrected chi connectivity index (χ4v) is 2.64. The van der Waals surface area contributed by atoms with Gasteiger partial charge < -0.3 is 14.8 Å². The molecule has 0 aromatic heterocycles. The number of nitrogens with one attached hydrogen (secondary N) is 1. The highest BCUT2D eigenvalue weighted by atomic mass is 16.6. The van der Waals surface area contributed by atoms with Gasteiger partial charge in [-0.25, -0.2) is 4.79 Å². The van der Waals surface area contributed by atoms with Gasteiger partial charge in [-0.15, -0.1) is 0 Å². The lowest BCUT2D eigenvalue weighted by molar-refractivity contribution is -0.153. The van der Waals surface area contributed by atoms with E-state index in [1.807, 2.05) is 42.5 Å². The molecule has 0 bridgehead atoms. The molecule has 0 aliphatic rings. The number of nitriles is 1. The zero-order valence-corrected chi connectivity index (χ0v) is 15.2. The lowest BCUT2D eigenvalue weighted by Gasteiger charge is -2.14. The summed E-state index contributed by atoms with van der Waals surface area (Å²) in [7, 11) is 0. The highest BCUT2D eigenvalue weighted by Crippen LogP contribution is 2.22. The van der Waals surface area contributed by atoms with Crippen LogP contribution in [0, 0.1) is 11.3 Å². The second-order valence-corrected chi connectivity index (χ2v) is 6.08. The fraction of sp³-hybridized carbons (Fsp3) is 0.136. The minimum atomic E-state index is -0.890. The summed E-state index contributed by atoms with van der Waals surface area (Å²) in [5.41, 5.74) is 1.15. The van der Waals surface area contributed by atoms with Crippen LogP contribution in [0.4, 0.5) is 5.69 Å². The standard InChI is InChI=1S/C22H18N2O4/c1-15(28-18-11-9-16(13-23)10-12-18)22(26)27-14-21(25)24-20-8-4-6-17-5-2-3-7-19(17)20/h2-12,15H,14H2,1H3,(H,24,25)/t15-/m1/s1. The molecule has 6 nitrogen and oxygen atoms in total. The predicted octanol–water partition coefficient (Wildman–Crippen LogP) is 3.66. The van der Waals surface area contributed by atoms with Gasteiger partial charge in [-0.1, -0.05) is 36.4 Å². The number of hydrogen-bond acceptors (Lipinski definition) is 5. The highest BCUT2D eigenvalue weighted by Gasteiger charge is 2.18. The fourth-order valence-electron chi connectivity index (χ4n) is 2.64. The zero-order chi connectivity index (χ0) is 19.9. The maximum atomic E-state index is 12.2. The van der Waals surface area contributed by atoms with E-state index in [2.05, 4.69) is 5.32 Å². The summed E-state index contributed by atoms with van der Waals surface area (Å²) in [6.45, 7) is 1.12. The number of anilines is 1. The maximum absolute atomic E-state index is 12.2.